The normalized spacial score (nSPS) is 10.1. The van der Waals surface area contributed by atoms with E-state index < -0.39 is 12.0 Å². The number of rotatable bonds is 3. The largest absolute Gasteiger partial charge is 0.496 e. The van der Waals surface area contributed by atoms with Crippen LogP contribution in [-0.4, -0.2) is 12.1 Å². The summed E-state index contributed by atoms with van der Waals surface area (Å²) in [4.78, 5) is 3.69. The SMILES string of the molecule is COc1cc(CN)nc(C#N)c1C(F)F. The average Bonchev–Trinajstić information content (AvgIpc) is 2.26. The topological polar surface area (TPSA) is 71.9 Å². The van der Waals surface area contributed by atoms with Crippen LogP contribution in [0, 0.1) is 11.3 Å². The Balaban J connectivity index is 3.41. The second-order valence-corrected chi connectivity index (χ2v) is 2.69. The Morgan fingerprint density at radius 3 is 2.73 bits per heavy atom. The Labute approximate surface area is 85.3 Å². The highest BCUT2D eigenvalue weighted by Crippen LogP contribution is 2.31. The molecular formula is C9H9F2N3O. The summed E-state index contributed by atoms with van der Waals surface area (Å²) in [5.41, 5.74) is 4.82. The fraction of sp³-hybridized carbons (Fsp3) is 0.333. The highest BCUT2D eigenvalue weighted by Gasteiger charge is 2.21. The van der Waals surface area contributed by atoms with E-state index in [0.29, 0.717) is 5.69 Å². The fourth-order valence-corrected chi connectivity index (χ4v) is 1.15. The van der Waals surface area contributed by atoms with Crippen LogP contribution in [0.1, 0.15) is 23.4 Å². The molecule has 1 aromatic rings. The molecule has 0 aliphatic rings. The van der Waals surface area contributed by atoms with Gasteiger partial charge in [-0.1, -0.05) is 0 Å². The van der Waals surface area contributed by atoms with E-state index in [1.807, 2.05) is 0 Å². The first-order chi connectivity index (χ1) is 7.13. The number of pyridine rings is 1. The first-order valence-electron chi connectivity index (χ1n) is 4.10. The van der Waals surface area contributed by atoms with Crippen molar-refractivity contribution in [3.8, 4) is 11.8 Å². The molecule has 0 aromatic carbocycles. The van der Waals surface area contributed by atoms with Gasteiger partial charge in [0.25, 0.3) is 6.43 Å². The van der Waals surface area contributed by atoms with Crippen LogP contribution in [0.2, 0.25) is 0 Å². The Hall–Kier alpha value is -1.74. The molecule has 0 bridgehead atoms. The minimum absolute atomic E-state index is 0.0583. The van der Waals surface area contributed by atoms with Gasteiger partial charge in [0.15, 0.2) is 5.69 Å². The van der Waals surface area contributed by atoms with Crippen LogP contribution >= 0.6 is 0 Å². The van der Waals surface area contributed by atoms with E-state index in [1.54, 1.807) is 6.07 Å². The van der Waals surface area contributed by atoms with Crippen molar-refractivity contribution < 1.29 is 13.5 Å². The van der Waals surface area contributed by atoms with E-state index in [2.05, 4.69) is 4.98 Å². The van der Waals surface area contributed by atoms with Gasteiger partial charge in [-0.05, 0) is 0 Å². The van der Waals surface area contributed by atoms with Gasteiger partial charge in [0.2, 0.25) is 0 Å². The summed E-state index contributed by atoms with van der Waals surface area (Å²) >= 11 is 0. The summed E-state index contributed by atoms with van der Waals surface area (Å²) in [6, 6.07) is 2.91. The molecule has 4 nitrogen and oxygen atoms in total. The van der Waals surface area contributed by atoms with E-state index in [0.717, 1.165) is 0 Å². The lowest BCUT2D eigenvalue weighted by atomic mass is 10.1. The van der Waals surface area contributed by atoms with Crippen molar-refractivity contribution in [2.75, 3.05) is 7.11 Å². The monoisotopic (exact) mass is 213 g/mol. The van der Waals surface area contributed by atoms with Gasteiger partial charge in [0.05, 0.1) is 18.4 Å². The molecule has 1 rings (SSSR count). The summed E-state index contributed by atoms with van der Waals surface area (Å²) in [5, 5.41) is 8.67. The van der Waals surface area contributed by atoms with Crippen LogP contribution in [-0.2, 0) is 6.54 Å². The van der Waals surface area contributed by atoms with Gasteiger partial charge in [-0.25, -0.2) is 13.8 Å². The molecule has 0 radical (unpaired) electrons. The van der Waals surface area contributed by atoms with Crippen LogP contribution in [0.4, 0.5) is 8.78 Å². The van der Waals surface area contributed by atoms with Gasteiger partial charge < -0.3 is 10.5 Å². The Bertz CT molecular complexity index is 401. The van der Waals surface area contributed by atoms with Crippen molar-refractivity contribution in [1.29, 1.82) is 5.26 Å². The number of nitrogens with two attached hydrogens (primary N) is 1. The number of hydrogen-bond acceptors (Lipinski definition) is 4. The lowest BCUT2D eigenvalue weighted by Gasteiger charge is -2.10. The van der Waals surface area contributed by atoms with E-state index >= 15 is 0 Å². The molecule has 0 aliphatic heterocycles. The molecule has 0 saturated heterocycles. The van der Waals surface area contributed by atoms with E-state index in [9.17, 15) is 8.78 Å². The van der Waals surface area contributed by atoms with Crippen LogP contribution < -0.4 is 10.5 Å². The Morgan fingerprint density at radius 1 is 1.67 bits per heavy atom. The zero-order valence-electron chi connectivity index (χ0n) is 8.00. The first kappa shape index (κ1) is 11.3. The molecule has 0 amide bonds. The Kier molecular flexibility index (Phi) is 3.52. The number of alkyl halides is 2. The van der Waals surface area contributed by atoms with Gasteiger partial charge >= 0.3 is 0 Å². The predicted molar refractivity (Wildman–Crippen MR) is 48.4 cm³/mol. The summed E-state index contributed by atoms with van der Waals surface area (Å²) in [6.45, 7) is 0.0640. The highest BCUT2D eigenvalue weighted by molar-refractivity contribution is 5.44. The fourth-order valence-electron chi connectivity index (χ4n) is 1.15. The lowest BCUT2D eigenvalue weighted by molar-refractivity contribution is 0.146. The number of nitriles is 1. The van der Waals surface area contributed by atoms with Crippen molar-refractivity contribution in [1.82, 2.24) is 4.98 Å². The van der Waals surface area contributed by atoms with Crippen molar-refractivity contribution in [2.24, 2.45) is 5.73 Å². The molecule has 80 valence electrons. The predicted octanol–water partition coefficient (Wildman–Crippen LogP) is 1.36. The number of hydrogen-bond donors (Lipinski definition) is 1. The van der Waals surface area contributed by atoms with Crippen LogP contribution in [0.3, 0.4) is 0 Å². The molecule has 0 spiro atoms. The van der Waals surface area contributed by atoms with Crippen LogP contribution in [0.15, 0.2) is 6.07 Å². The maximum absolute atomic E-state index is 12.6. The van der Waals surface area contributed by atoms with Crippen molar-refractivity contribution in [2.45, 2.75) is 13.0 Å². The second kappa shape index (κ2) is 4.66. The third-order valence-corrected chi connectivity index (χ3v) is 1.83. The standard InChI is InChI=1S/C9H9F2N3O/c1-15-7-2-5(3-12)14-6(4-13)8(7)9(10)11/h2,9H,3,12H2,1H3. The smallest absolute Gasteiger partial charge is 0.270 e. The number of nitrogens with zero attached hydrogens (tertiary/aromatic N) is 2. The van der Waals surface area contributed by atoms with E-state index in [-0.39, 0.29) is 18.0 Å². The van der Waals surface area contributed by atoms with Crippen molar-refractivity contribution in [3.05, 3.63) is 23.0 Å². The second-order valence-electron chi connectivity index (χ2n) is 2.69. The highest BCUT2D eigenvalue weighted by atomic mass is 19.3. The van der Waals surface area contributed by atoms with Crippen LogP contribution in [0.25, 0.3) is 0 Å². The quantitative estimate of drug-likeness (QED) is 0.822. The maximum Gasteiger partial charge on any atom is 0.270 e. The molecule has 1 aromatic heterocycles. The Morgan fingerprint density at radius 2 is 2.33 bits per heavy atom. The van der Waals surface area contributed by atoms with Gasteiger partial charge in [0.1, 0.15) is 11.8 Å². The first-order valence-corrected chi connectivity index (χ1v) is 4.10. The zero-order valence-corrected chi connectivity index (χ0v) is 8.00. The van der Waals surface area contributed by atoms with E-state index in [1.165, 1.54) is 13.2 Å². The molecule has 0 saturated carbocycles. The zero-order chi connectivity index (χ0) is 11.4. The lowest BCUT2D eigenvalue weighted by Crippen LogP contribution is -2.06. The van der Waals surface area contributed by atoms with Crippen LogP contribution in [0.5, 0.6) is 5.75 Å². The molecule has 15 heavy (non-hydrogen) atoms. The van der Waals surface area contributed by atoms with Gasteiger partial charge in [-0.2, -0.15) is 5.26 Å². The number of methoxy groups -OCH3 is 1. The number of aromatic nitrogens is 1. The van der Waals surface area contributed by atoms with Crippen molar-refractivity contribution >= 4 is 0 Å². The molecular weight excluding hydrogens is 204 g/mol. The minimum Gasteiger partial charge on any atom is -0.496 e. The molecule has 2 N–H and O–H groups in total. The third kappa shape index (κ3) is 2.19. The molecule has 0 unspecified atom stereocenters. The molecule has 6 heteroatoms. The van der Waals surface area contributed by atoms with Gasteiger partial charge in [-0.3, -0.25) is 0 Å². The van der Waals surface area contributed by atoms with E-state index in [4.69, 9.17) is 15.7 Å². The molecule has 0 aliphatic carbocycles. The number of halogens is 2. The van der Waals surface area contributed by atoms with Crippen molar-refractivity contribution in [3.63, 3.8) is 0 Å². The third-order valence-electron chi connectivity index (χ3n) is 1.83. The number of ether oxygens (including phenoxy) is 1. The molecule has 0 atom stereocenters. The molecule has 1 heterocycles. The maximum atomic E-state index is 12.6. The summed E-state index contributed by atoms with van der Waals surface area (Å²) in [7, 11) is 1.25. The summed E-state index contributed by atoms with van der Waals surface area (Å²) in [6.07, 6.45) is -2.80. The molecule has 0 fully saturated rings. The van der Waals surface area contributed by atoms with Gasteiger partial charge in [-0.15, -0.1) is 0 Å². The van der Waals surface area contributed by atoms with Gasteiger partial charge in [0, 0.05) is 12.6 Å². The summed E-state index contributed by atoms with van der Waals surface area (Å²) in [5.74, 6) is -0.0583. The minimum atomic E-state index is -2.80. The average molecular weight is 213 g/mol. The summed E-state index contributed by atoms with van der Waals surface area (Å²) < 4.78 is 30.0.